The van der Waals surface area contributed by atoms with Crippen molar-refractivity contribution in [3.8, 4) is 11.6 Å². The first-order valence-corrected chi connectivity index (χ1v) is 13.3. The Morgan fingerprint density at radius 2 is 1.66 bits per heavy atom. The highest BCUT2D eigenvalue weighted by molar-refractivity contribution is 7.98. The third kappa shape index (κ3) is 3.38. The van der Waals surface area contributed by atoms with Crippen molar-refractivity contribution in [2.24, 2.45) is 0 Å². The highest BCUT2D eigenvalue weighted by Gasteiger charge is 2.34. The second kappa shape index (κ2) is 8.43. The molecule has 8 rings (SSSR count). The van der Waals surface area contributed by atoms with Gasteiger partial charge >= 0.3 is 0 Å². The Morgan fingerprint density at radius 3 is 2.58 bits per heavy atom. The Labute approximate surface area is 221 Å². The maximum absolute atomic E-state index is 6.40. The van der Waals surface area contributed by atoms with Gasteiger partial charge in [-0.3, -0.25) is 0 Å². The topological polar surface area (TPSA) is 78.3 Å². The molecule has 1 aliphatic heterocycles. The summed E-state index contributed by atoms with van der Waals surface area (Å²) >= 11 is 1.47. The van der Waals surface area contributed by atoms with Crippen molar-refractivity contribution in [3.63, 3.8) is 0 Å². The van der Waals surface area contributed by atoms with Crippen LogP contribution in [0.25, 0.3) is 27.5 Å². The van der Waals surface area contributed by atoms with E-state index in [1.165, 1.54) is 11.8 Å². The van der Waals surface area contributed by atoms with Crippen molar-refractivity contribution in [1.29, 1.82) is 0 Å². The molecular formula is C30H19N5O2S. The normalized spacial score (nSPS) is 14.5. The smallest absolute Gasteiger partial charge is 0.257 e. The Hall–Kier alpha value is -4.69. The first kappa shape index (κ1) is 21.4. The van der Waals surface area contributed by atoms with Crippen LogP contribution in [0.15, 0.2) is 107 Å². The van der Waals surface area contributed by atoms with E-state index >= 15 is 0 Å². The van der Waals surface area contributed by atoms with Gasteiger partial charge in [0.05, 0.1) is 11.3 Å². The van der Waals surface area contributed by atoms with Crippen LogP contribution in [0.3, 0.4) is 0 Å². The summed E-state index contributed by atoms with van der Waals surface area (Å²) in [7, 11) is 0. The van der Waals surface area contributed by atoms with E-state index in [0.29, 0.717) is 22.7 Å². The van der Waals surface area contributed by atoms with Crippen LogP contribution in [0.5, 0.6) is 11.6 Å². The lowest BCUT2D eigenvalue weighted by Gasteiger charge is -2.29. The molecule has 0 radical (unpaired) electrons. The van der Waals surface area contributed by atoms with E-state index in [2.05, 4.69) is 64.6 Å². The maximum atomic E-state index is 6.40. The molecule has 182 valence electrons. The van der Waals surface area contributed by atoms with Crippen LogP contribution in [0.1, 0.15) is 28.4 Å². The number of para-hydroxylation sites is 2. The molecule has 7 nitrogen and oxygen atoms in total. The predicted molar refractivity (Wildman–Crippen MR) is 146 cm³/mol. The molecule has 4 aromatic carbocycles. The number of aromatic nitrogens is 5. The average Bonchev–Trinajstić information content (AvgIpc) is 3.59. The van der Waals surface area contributed by atoms with E-state index < -0.39 is 0 Å². The van der Waals surface area contributed by atoms with Crippen molar-refractivity contribution >= 4 is 39.3 Å². The van der Waals surface area contributed by atoms with Crippen LogP contribution in [0, 0.1) is 0 Å². The van der Waals surface area contributed by atoms with Crippen LogP contribution in [0.4, 0.5) is 0 Å². The first-order chi connectivity index (χ1) is 18.8. The molecule has 3 aromatic heterocycles. The number of fused-ring (bicyclic) bond motifs is 7. The minimum atomic E-state index is -0.112. The molecule has 8 heteroatoms. The van der Waals surface area contributed by atoms with Crippen molar-refractivity contribution in [3.05, 3.63) is 120 Å². The van der Waals surface area contributed by atoms with E-state index in [9.17, 15) is 0 Å². The van der Waals surface area contributed by atoms with Crippen LogP contribution in [-0.2, 0) is 5.75 Å². The number of rotatable bonds is 4. The van der Waals surface area contributed by atoms with Gasteiger partial charge in [-0.1, -0.05) is 84.6 Å². The Morgan fingerprint density at radius 1 is 0.816 bits per heavy atom. The summed E-state index contributed by atoms with van der Waals surface area (Å²) in [5, 5.41) is 7.64. The molecule has 1 aliphatic rings. The number of ether oxygens (including phenoxy) is 1. The van der Waals surface area contributed by atoms with Gasteiger partial charge in [-0.2, -0.15) is 0 Å². The van der Waals surface area contributed by atoms with Crippen molar-refractivity contribution in [2.45, 2.75) is 16.9 Å². The van der Waals surface area contributed by atoms with E-state index in [4.69, 9.17) is 19.2 Å². The van der Waals surface area contributed by atoms with Gasteiger partial charge in [-0.05, 0) is 34.5 Å². The quantitative estimate of drug-likeness (QED) is 0.235. The van der Waals surface area contributed by atoms with Gasteiger partial charge in [0.15, 0.2) is 17.1 Å². The molecule has 0 saturated heterocycles. The zero-order chi connectivity index (χ0) is 25.1. The fourth-order valence-electron chi connectivity index (χ4n) is 5.23. The summed E-state index contributed by atoms with van der Waals surface area (Å²) in [5.74, 6) is 2.44. The zero-order valence-corrected chi connectivity index (χ0v) is 20.8. The molecule has 0 amide bonds. The van der Waals surface area contributed by atoms with Gasteiger partial charge in [-0.25, -0.2) is 19.5 Å². The summed E-state index contributed by atoms with van der Waals surface area (Å²) in [4.78, 5) is 14.2. The molecule has 0 fully saturated rings. The highest BCUT2D eigenvalue weighted by Crippen LogP contribution is 2.50. The van der Waals surface area contributed by atoms with Crippen LogP contribution >= 0.6 is 11.8 Å². The van der Waals surface area contributed by atoms with Gasteiger partial charge in [-0.15, -0.1) is 5.10 Å². The highest BCUT2D eigenvalue weighted by atomic mass is 32.2. The van der Waals surface area contributed by atoms with Crippen molar-refractivity contribution < 1.29 is 9.15 Å². The SMILES string of the molecule is c1ccc([C@@H]2c3c(ccc4ccccc34)Oc3ncn4nc(CSc5nc6ccccc6o5)nc4c32)cc1. The fourth-order valence-corrected chi connectivity index (χ4v) is 5.91. The summed E-state index contributed by atoms with van der Waals surface area (Å²) in [5.41, 5.74) is 5.51. The van der Waals surface area contributed by atoms with Crippen LogP contribution in [-0.4, -0.2) is 24.6 Å². The average molecular weight is 514 g/mol. The number of thioether (sulfide) groups is 1. The molecule has 0 saturated carbocycles. The van der Waals surface area contributed by atoms with Crippen LogP contribution in [0.2, 0.25) is 0 Å². The monoisotopic (exact) mass is 513 g/mol. The summed E-state index contributed by atoms with van der Waals surface area (Å²) in [6.07, 6.45) is 1.67. The third-order valence-electron chi connectivity index (χ3n) is 6.88. The standard InChI is InChI=1S/C30H19N5O2S/c1-2-9-19(10-3-1)25-26-20-11-5-4-8-18(20)14-15-23(26)36-29-27(25)28-33-24(34-35(28)17-31-29)16-38-30-32-21-12-6-7-13-22(21)37-30/h1-15,17,25H,16H2/t25-/m1/s1. The molecule has 0 aliphatic carbocycles. The van der Waals surface area contributed by atoms with Gasteiger partial charge in [0, 0.05) is 11.5 Å². The number of hydrogen-bond donors (Lipinski definition) is 0. The Balaban J connectivity index is 1.26. The molecular weight excluding hydrogens is 494 g/mol. The lowest BCUT2D eigenvalue weighted by Crippen LogP contribution is -2.15. The molecule has 0 spiro atoms. The zero-order valence-electron chi connectivity index (χ0n) is 20.0. The van der Waals surface area contributed by atoms with Gasteiger partial charge in [0.25, 0.3) is 5.22 Å². The van der Waals surface area contributed by atoms with E-state index in [0.717, 1.165) is 50.0 Å². The number of hydrogen-bond acceptors (Lipinski definition) is 7. The lowest BCUT2D eigenvalue weighted by molar-refractivity contribution is 0.433. The van der Waals surface area contributed by atoms with E-state index in [-0.39, 0.29) is 5.92 Å². The molecule has 7 aromatic rings. The summed E-state index contributed by atoms with van der Waals surface area (Å²) in [6.45, 7) is 0. The lowest BCUT2D eigenvalue weighted by atomic mass is 9.81. The molecule has 38 heavy (non-hydrogen) atoms. The number of oxazole rings is 1. The van der Waals surface area contributed by atoms with E-state index in [1.54, 1.807) is 10.8 Å². The molecule has 1 atom stereocenters. The summed E-state index contributed by atoms with van der Waals surface area (Å²) < 4.78 is 14.0. The maximum Gasteiger partial charge on any atom is 0.257 e. The van der Waals surface area contributed by atoms with Crippen molar-refractivity contribution in [1.82, 2.24) is 24.6 Å². The second-order valence-corrected chi connectivity index (χ2v) is 10.1. The first-order valence-electron chi connectivity index (χ1n) is 12.3. The minimum absolute atomic E-state index is 0.112. The molecule has 4 heterocycles. The Bertz CT molecular complexity index is 1950. The van der Waals surface area contributed by atoms with Crippen LogP contribution < -0.4 is 4.74 Å². The summed E-state index contributed by atoms with van der Waals surface area (Å²) in [6, 6.07) is 30.7. The van der Waals surface area contributed by atoms with E-state index in [1.807, 2.05) is 36.4 Å². The van der Waals surface area contributed by atoms with Gasteiger partial charge < -0.3 is 9.15 Å². The second-order valence-electron chi connectivity index (χ2n) is 9.14. The number of nitrogens with zero attached hydrogens (tertiary/aromatic N) is 5. The van der Waals surface area contributed by atoms with Crippen molar-refractivity contribution in [2.75, 3.05) is 0 Å². The molecule has 0 unspecified atom stereocenters. The fraction of sp³-hybridized carbons (Fsp3) is 0.0667. The van der Waals surface area contributed by atoms with Gasteiger partial charge in [0.2, 0.25) is 5.88 Å². The Kier molecular flexibility index (Phi) is 4.75. The minimum Gasteiger partial charge on any atom is -0.438 e. The largest absolute Gasteiger partial charge is 0.438 e. The predicted octanol–water partition coefficient (Wildman–Crippen LogP) is 7.00. The molecule has 0 N–H and O–H groups in total. The van der Waals surface area contributed by atoms with Gasteiger partial charge in [0.1, 0.15) is 17.6 Å². The third-order valence-corrected chi connectivity index (χ3v) is 7.70. The molecule has 0 bridgehead atoms. The number of benzene rings is 4.